The molecule has 1 atom stereocenters. The number of nitrogens with zero attached hydrogens (tertiary/aromatic N) is 1. The highest BCUT2D eigenvalue weighted by Crippen LogP contribution is 2.48. The fraction of sp³-hybridized carbons (Fsp3) is 0.265. The summed E-state index contributed by atoms with van der Waals surface area (Å²) in [6, 6.07) is 13.5. The first-order valence-electron chi connectivity index (χ1n) is 13.1. The van der Waals surface area contributed by atoms with Crippen molar-refractivity contribution in [2.24, 2.45) is 11.1 Å². The van der Waals surface area contributed by atoms with Crippen molar-refractivity contribution in [3.63, 3.8) is 0 Å². The van der Waals surface area contributed by atoms with Gasteiger partial charge < -0.3 is 5.73 Å². The molecule has 0 fully saturated rings. The molecule has 0 saturated carbocycles. The zero-order chi connectivity index (χ0) is 27.9. The second-order valence-corrected chi connectivity index (χ2v) is 12.8. The van der Waals surface area contributed by atoms with E-state index in [1.165, 1.54) is 32.9 Å². The number of nitrogens with two attached hydrogens (primary N) is 1. The van der Waals surface area contributed by atoms with E-state index in [9.17, 15) is 4.79 Å². The van der Waals surface area contributed by atoms with Crippen LogP contribution in [0.2, 0.25) is 0 Å². The highest BCUT2D eigenvalue weighted by atomic mass is 31.1. The summed E-state index contributed by atoms with van der Waals surface area (Å²) in [5.41, 5.74) is 11.7. The first-order chi connectivity index (χ1) is 18.1. The van der Waals surface area contributed by atoms with Crippen LogP contribution in [-0.4, -0.2) is 17.0 Å². The maximum Gasteiger partial charge on any atom is 0.233 e. The van der Waals surface area contributed by atoms with Gasteiger partial charge in [0.15, 0.2) is 0 Å². The molecule has 0 spiro atoms. The summed E-state index contributed by atoms with van der Waals surface area (Å²) in [5, 5.41) is 2.36. The summed E-state index contributed by atoms with van der Waals surface area (Å²) >= 11 is 0. The van der Waals surface area contributed by atoms with Gasteiger partial charge in [-0.3, -0.25) is 9.69 Å². The molecule has 4 heteroatoms. The van der Waals surface area contributed by atoms with Crippen molar-refractivity contribution in [3.8, 4) is 0 Å². The van der Waals surface area contributed by atoms with Gasteiger partial charge >= 0.3 is 0 Å². The smallest absolute Gasteiger partial charge is 0.233 e. The summed E-state index contributed by atoms with van der Waals surface area (Å²) in [5.74, 6) is 0.00947. The van der Waals surface area contributed by atoms with Gasteiger partial charge in [-0.2, -0.15) is 0 Å². The van der Waals surface area contributed by atoms with Gasteiger partial charge in [-0.1, -0.05) is 87.5 Å². The predicted molar refractivity (Wildman–Crippen MR) is 166 cm³/mol. The van der Waals surface area contributed by atoms with Crippen LogP contribution in [0, 0.1) is 5.41 Å². The Kier molecular flexibility index (Phi) is 10.0. The van der Waals surface area contributed by atoms with E-state index in [4.69, 9.17) is 5.73 Å². The quantitative estimate of drug-likeness (QED) is 0.266. The number of carbonyl (C=O) groups is 1. The van der Waals surface area contributed by atoms with E-state index >= 15 is 0 Å². The summed E-state index contributed by atoms with van der Waals surface area (Å²) in [6.07, 6.45) is 16.2. The molecule has 0 aliphatic carbocycles. The minimum absolute atomic E-state index is 0.00947. The Hall–Kier alpha value is -3.26. The summed E-state index contributed by atoms with van der Waals surface area (Å²) in [6.45, 7) is 21.7. The maximum atomic E-state index is 13.8. The molecule has 0 aromatic heterocycles. The second-order valence-electron chi connectivity index (χ2n) is 10.6. The van der Waals surface area contributed by atoms with Crippen LogP contribution in [0.1, 0.15) is 43.0 Å². The van der Waals surface area contributed by atoms with Crippen molar-refractivity contribution in [1.82, 2.24) is 4.90 Å². The summed E-state index contributed by atoms with van der Waals surface area (Å²) < 4.78 is 0. The average molecular weight is 525 g/mol. The Labute approximate surface area is 230 Å². The van der Waals surface area contributed by atoms with Crippen LogP contribution in [0.25, 0.3) is 0 Å². The molecule has 1 unspecified atom stereocenters. The standard InChI is InChI=1S/C34H41N2OP/c1-8-13-25-19-26(14-9-2)22-29(21-25)38(30-23-27(15-10-3)20-28(24-30)16-11-4)32-18-12-17-31(35)36(32)33(37)34(5,6)7/h8-12,17-24,31H,1-4,13-16,35H2,5-7H3. The highest BCUT2D eigenvalue weighted by molar-refractivity contribution is 7.76. The van der Waals surface area contributed by atoms with Crippen molar-refractivity contribution < 1.29 is 4.79 Å². The molecule has 3 rings (SSSR count). The Bertz CT molecular complexity index is 1150. The molecule has 2 aromatic rings. The van der Waals surface area contributed by atoms with Crippen molar-refractivity contribution in [1.29, 1.82) is 0 Å². The third kappa shape index (κ3) is 6.98. The molecule has 3 nitrogen and oxygen atoms in total. The number of amides is 1. The molecule has 38 heavy (non-hydrogen) atoms. The van der Waals surface area contributed by atoms with Crippen LogP contribution in [0.15, 0.2) is 111 Å². The van der Waals surface area contributed by atoms with E-state index in [1.54, 1.807) is 0 Å². The second kappa shape index (κ2) is 13.0. The Morgan fingerprint density at radius 2 is 1.21 bits per heavy atom. The molecule has 0 saturated heterocycles. The van der Waals surface area contributed by atoms with Crippen LogP contribution in [0.3, 0.4) is 0 Å². The van der Waals surface area contributed by atoms with Gasteiger partial charge in [-0.25, -0.2) is 0 Å². The van der Waals surface area contributed by atoms with E-state index in [1.807, 2.05) is 62.1 Å². The monoisotopic (exact) mass is 524 g/mol. The molecule has 198 valence electrons. The van der Waals surface area contributed by atoms with Crippen molar-refractivity contribution in [2.45, 2.75) is 52.6 Å². The zero-order valence-corrected chi connectivity index (χ0v) is 24.0. The van der Waals surface area contributed by atoms with Crippen LogP contribution in [-0.2, 0) is 30.5 Å². The number of hydrogen-bond donors (Lipinski definition) is 1. The van der Waals surface area contributed by atoms with Gasteiger partial charge in [0.25, 0.3) is 0 Å². The van der Waals surface area contributed by atoms with Gasteiger partial charge in [-0.15, -0.1) is 26.3 Å². The fourth-order valence-corrected chi connectivity index (χ4v) is 7.34. The van der Waals surface area contributed by atoms with E-state index in [-0.39, 0.29) is 5.91 Å². The van der Waals surface area contributed by atoms with E-state index in [2.05, 4.69) is 68.8 Å². The van der Waals surface area contributed by atoms with Gasteiger partial charge in [-0.05, 0) is 70.7 Å². The largest absolute Gasteiger partial charge is 0.308 e. The Morgan fingerprint density at radius 1 is 0.816 bits per heavy atom. The Balaban J connectivity index is 2.35. The minimum Gasteiger partial charge on any atom is -0.308 e. The lowest BCUT2D eigenvalue weighted by Gasteiger charge is -2.39. The molecule has 1 aliphatic heterocycles. The van der Waals surface area contributed by atoms with Crippen LogP contribution >= 0.6 is 7.92 Å². The van der Waals surface area contributed by atoms with Crippen LogP contribution < -0.4 is 16.3 Å². The molecule has 0 bridgehead atoms. The molecule has 1 heterocycles. The van der Waals surface area contributed by atoms with Crippen LogP contribution in [0.5, 0.6) is 0 Å². The highest BCUT2D eigenvalue weighted by Gasteiger charge is 2.37. The number of allylic oxidation sites excluding steroid dienone is 6. The molecule has 2 aromatic carbocycles. The Morgan fingerprint density at radius 3 is 1.55 bits per heavy atom. The molecular formula is C34H41N2OP. The molecule has 1 aliphatic rings. The first kappa shape index (κ1) is 29.3. The van der Waals surface area contributed by atoms with E-state index in [0.717, 1.165) is 31.1 Å². The van der Waals surface area contributed by atoms with Gasteiger partial charge in [0.05, 0.1) is 5.44 Å². The van der Waals surface area contributed by atoms with E-state index in [0.29, 0.717) is 0 Å². The predicted octanol–water partition coefficient (Wildman–Crippen LogP) is 6.60. The normalized spacial score (nSPS) is 15.2. The van der Waals surface area contributed by atoms with Crippen molar-refractivity contribution in [2.75, 3.05) is 0 Å². The third-order valence-corrected chi connectivity index (χ3v) is 8.67. The SMILES string of the molecule is C=CCc1cc(CC=C)cc(P(C2=CC=CC(N)N2C(=O)C(C)(C)C)c2cc(CC=C)cc(CC=C)c2)c1. The molecule has 1 amide bonds. The first-order valence-corrected chi connectivity index (χ1v) is 14.4. The number of benzene rings is 2. The van der Waals surface area contributed by atoms with Crippen molar-refractivity contribution in [3.05, 3.63) is 133 Å². The van der Waals surface area contributed by atoms with E-state index < -0.39 is 19.5 Å². The zero-order valence-electron chi connectivity index (χ0n) is 23.1. The van der Waals surface area contributed by atoms with Gasteiger partial charge in [0.1, 0.15) is 6.17 Å². The topological polar surface area (TPSA) is 46.3 Å². The minimum atomic E-state index is -1.12. The fourth-order valence-electron chi connectivity index (χ4n) is 4.65. The molecular weight excluding hydrogens is 483 g/mol. The number of carbonyl (C=O) groups excluding carboxylic acids is 1. The average Bonchev–Trinajstić information content (AvgIpc) is 2.84. The lowest BCUT2D eigenvalue weighted by molar-refractivity contribution is -0.138. The maximum absolute atomic E-state index is 13.8. The van der Waals surface area contributed by atoms with Gasteiger partial charge in [0.2, 0.25) is 5.91 Å². The van der Waals surface area contributed by atoms with Crippen molar-refractivity contribution >= 4 is 24.4 Å². The summed E-state index contributed by atoms with van der Waals surface area (Å²) in [7, 11) is -1.12. The van der Waals surface area contributed by atoms with Gasteiger partial charge in [0, 0.05) is 13.3 Å². The number of hydrogen-bond acceptors (Lipinski definition) is 2. The van der Waals surface area contributed by atoms with Crippen LogP contribution in [0.4, 0.5) is 0 Å². The molecule has 0 radical (unpaired) electrons. The third-order valence-electron chi connectivity index (χ3n) is 6.30. The lowest BCUT2D eigenvalue weighted by Crippen LogP contribution is -2.49. The summed E-state index contributed by atoms with van der Waals surface area (Å²) in [4.78, 5) is 15.6. The molecule has 2 N–H and O–H groups in total. The lowest BCUT2D eigenvalue weighted by atomic mass is 9.94. The number of rotatable bonds is 11.